The fraction of sp³-hybridized carbons (Fsp3) is 0.143. The topological polar surface area (TPSA) is 81.8 Å². The number of carbonyl (C=O) groups excluding carboxylic acids is 1. The van der Waals surface area contributed by atoms with Gasteiger partial charge in [0.2, 0.25) is 0 Å². The fourth-order valence-corrected chi connectivity index (χ4v) is 4.08. The summed E-state index contributed by atoms with van der Waals surface area (Å²) in [4.78, 5) is 25.0. The van der Waals surface area contributed by atoms with Crippen molar-refractivity contribution >= 4 is 34.4 Å². The third-order valence-corrected chi connectivity index (χ3v) is 5.87. The molecular weight excluding hydrogens is 422 g/mol. The number of nitrogens with zero attached hydrogens (tertiary/aromatic N) is 4. The number of aromatic nitrogens is 4. The zero-order chi connectivity index (χ0) is 21.1. The lowest BCUT2D eigenvalue weighted by atomic mass is 10.1. The van der Waals surface area contributed by atoms with E-state index in [9.17, 15) is 9.59 Å². The molecule has 0 aliphatic rings. The average molecular weight is 440 g/mol. The minimum absolute atomic E-state index is 0.0371. The Hall–Kier alpha value is -3.23. The maximum absolute atomic E-state index is 12.3. The van der Waals surface area contributed by atoms with Gasteiger partial charge in [-0.3, -0.25) is 14.2 Å². The van der Waals surface area contributed by atoms with E-state index in [0.717, 1.165) is 22.8 Å². The van der Waals surface area contributed by atoms with Crippen molar-refractivity contribution in [2.45, 2.75) is 12.8 Å². The van der Waals surface area contributed by atoms with Gasteiger partial charge in [-0.1, -0.05) is 22.9 Å². The second kappa shape index (κ2) is 8.64. The molecule has 0 fully saturated rings. The number of thiophene rings is 1. The SMILES string of the molecule is CNc1cc(-n2ccccc2=O)ccc1-n1cc(CCC(=O)c2ccc(Cl)s2)nn1. The van der Waals surface area contributed by atoms with Crippen LogP contribution in [0, 0.1) is 0 Å². The van der Waals surface area contributed by atoms with E-state index in [1.807, 2.05) is 24.3 Å². The quantitative estimate of drug-likeness (QED) is 0.440. The van der Waals surface area contributed by atoms with Crippen LogP contribution >= 0.6 is 22.9 Å². The number of hydrogen-bond acceptors (Lipinski definition) is 6. The molecule has 0 atom stereocenters. The molecule has 0 amide bonds. The number of ketones is 1. The van der Waals surface area contributed by atoms with Gasteiger partial charge in [-0.15, -0.1) is 16.4 Å². The summed E-state index contributed by atoms with van der Waals surface area (Å²) in [5.74, 6) is 0.0371. The molecule has 1 N–H and O–H groups in total. The van der Waals surface area contributed by atoms with Gasteiger partial charge in [0.05, 0.1) is 38.2 Å². The van der Waals surface area contributed by atoms with Gasteiger partial charge in [-0.05, 0) is 36.4 Å². The highest BCUT2D eigenvalue weighted by molar-refractivity contribution is 7.18. The highest BCUT2D eigenvalue weighted by atomic mass is 35.5. The summed E-state index contributed by atoms with van der Waals surface area (Å²) in [5.41, 5.74) is 2.95. The van der Waals surface area contributed by atoms with Gasteiger partial charge in [0.1, 0.15) is 0 Å². The molecule has 4 rings (SSSR count). The van der Waals surface area contributed by atoms with E-state index in [4.69, 9.17) is 11.6 Å². The molecule has 4 aromatic rings. The summed E-state index contributed by atoms with van der Waals surface area (Å²) in [7, 11) is 1.80. The van der Waals surface area contributed by atoms with Gasteiger partial charge in [-0.2, -0.15) is 0 Å². The van der Waals surface area contributed by atoms with Crippen LogP contribution in [0.2, 0.25) is 4.34 Å². The summed E-state index contributed by atoms with van der Waals surface area (Å²) in [5, 5.41) is 11.5. The van der Waals surface area contributed by atoms with Crippen molar-refractivity contribution in [2.75, 3.05) is 12.4 Å². The van der Waals surface area contributed by atoms with E-state index in [1.54, 1.807) is 46.9 Å². The number of anilines is 1. The maximum Gasteiger partial charge on any atom is 0.255 e. The third-order valence-electron chi connectivity index (χ3n) is 4.59. The number of aryl methyl sites for hydroxylation is 1. The van der Waals surface area contributed by atoms with Crippen LogP contribution in [0.5, 0.6) is 0 Å². The Balaban J connectivity index is 1.53. The molecule has 3 heterocycles. The molecule has 152 valence electrons. The number of halogens is 1. The standard InChI is InChI=1S/C21H18ClN5O2S/c1-23-16-12-15(26-11-3-2-4-21(26)29)6-7-17(16)27-13-14(24-25-27)5-8-18(28)19-9-10-20(22)30-19/h2-4,6-7,9-13,23H,5,8H2,1H3. The van der Waals surface area contributed by atoms with Crippen molar-refractivity contribution in [1.29, 1.82) is 0 Å². The number of nitrogens with one attached hydrogen (secondary N) is 1. The Morgan fingerprint density at radius 1 is 1.20 bits per heavy atom. The Bertz CT molecular complexity index is 1260. The van der Waals surface area contributed by atoms with Crippen LogP contribution in [-0.2, 0) is 6.42 Å². The molecule has 7 nitrogen and oxygen atoms in total. The first kappa shape index (κ1) is 20.1. The van der Waals surface area contributed by atoms with E-state index in [-0.39, 0.29) is 11.3 Å². The van der Waals surface area contributed by atoms with Crippen LogP contribution < -0.4 is 10.9 Å². The van der Waals surface area contributed by atoms with Crippen LogP contribution in [-0.4, -0.2) is 32.4 Å². The summed E-state index contributed by atoms with van der Waals surface area (Å²) < 4.78 is 3.83. The summed E-state index contributed by atoms with van der Waals surface area (Å²) in [6, 6.07) is 14.1. The van der Waals surface area contributed by atoms with Crippen LogP contribution in [0.3, 0.4) is 0 Å². The highest BCUT2D eigenvalue weighted by Gasteiger charge is 2.13. The molecule has 1 aromatic carbocycles. The lowest BCUT2D eigenvalue weighted by Gasteiger charge is -2.12. The first-order valence-corrected chi connectivity index (χ1v) is 10.4. The van der Waals surface area contributed by atoms with Gasteiger partial charge < -0.3 is 5.32 Å². The van der Waals surface area contributed by atoms with Crippen molar-refractivity contribution in [3.63, 3.8) is 0 Å². The molecule has 0 radical (unpaired) electrons. The first-order chi connectivity index (χ1) is 14.5. The van der Waals surface area contributed by atoms with Crippen molar-refractivity contribution in [2.24, 2.45) is 0 Å². The highest BCUT2D eigenvalue weighted by Crippen LogP contribution is 2.24. The lowest BCUT2D eigenvalue weighted by molar-refractivity contribution is 0.0986. The van der Waals surface area contributed by atoms with E-state index >= 15 is 0 Å². The minimum atomic E-state index is -0.105. The van der Waals surface area contributed by atoms with Crippen LogP contribution in [0.1, 0.15) is 21.8 Å². The Morgan fingerprint density at radius 3 is 2.80 bits per heavy atom. The summed E-state index contributed by atoms with van der Waals surface area (Å²) >= 11 is 7.18. The molecule has 0 aliphatic heterocycles. The Morgan fingerprint density at radius 2 is 2.07 bits per heavy atom. The van der Waals surface area contributed by atoms with E-state index in [0.29, 0.717) is 22.1 Å². The average Bonchev–Trinajstić information content (AvgIpc) is 3.41. The molecule has 9 heteroatoms. The van der Waals surface area contributed by atoms with Crippen LogP contribution in [0.25, 0.3) is 11.4 Å². The molecule has 0 aliphatic carbocycles. The molecule has 0 spiro atoms. The minimum Gasteiger partial charge on any atom is -0.386 e. The Labute approximate surface area is 181 Å². The molecule has 0 saturated heterocycles. The number of hydrogen-bond donors (Lipinski definition) is 1. The van der Waals surface area contributed by atoms with Gasteiger partial charge in [0, 0.05) is 32.2 Å². The number of Topliss-reactive ketones (excluding diaryl/α,β-unsaturated/α-hetero) is 1. The predicted molar refractivity (Wildman–Crippen MR) is 118 cm³/mol. The van der Waals surface area contributed by atoms with Crippen molar-refractivity contribution in [3.05, 3.63) is 86.2 Å². The first-order valence-electron chi connectivity index (χ1n) is 9.25. The monoisotopic (exact) mass is 439 g/mol. The molecule has 30 heavy (non-hydrogen) atoms. The third kappa shape index (κ3) is 4.19. The largest absolute Gasteiger partial charge is 0.386 e. The summed E-state index contributed by atoms with van der Waals surface area (Å²) in [6.45, 7) is 0. The van der Waals surface area contributed by atoms with Gasteiger partial charge in [0.25, 0.3) is 5.56 Å². The molecule has 0 saturated carbocycles. The molecule has 0 unspecified atom stereocenters. The van der Waals surface area contributed by atoms with Gasteiger partial charge >= 0.3 is 0 Å². The normalized spacial score (nSPS) is 10.9. The second-order valence-corrected chi connectivity index (χ2v) is 8.26. The number of rotatable bonds is 7. The molecular formula is C21H18ClN5O2S. The predicted octanol–water partition coefficient (Wildman–Crippen LogP) is 3.99. The number of benzene rings is 1. The van der Waals surface area contributed by atoms with Crippen molar-refractivity contribution in [1.82, 2.24) is 19.6 Å². The zero-order valence-corrected chi connectivity index (χ0v) is 17.7. The fourth-order valence-electron chi connectivity index (χ4n) is 3.07. The Kier molecular flexibility index (Phi) is 5.78. The van der Waals surface area contributed by atoms with Crippen molar-refractivity contribution in [3.8, 4) is 11.4 Å². The lowest BCUT2D eigenvalue weighted by Crippen LogP contribution is -2.16. The van der Waals surface area contributed by atoms with E-state index < -0.39 is 0 Å². The van der Waals surface area contributed by atoms with Crippen LogP contribution in [0.15, 0.2) is 65.7 Å². The van der Waals surface area contributed by atoms with E-state index in [2.05, 4.69) is 15.6 Å². The van der Waals surface area contributed by atoms with E-state index in [1.165, 1.54) is 17.4 Å². The number of carbonyl (C=O) groups is 1. The second-order valence-electron chi connectivity index (χ2n) is 6.54. The molecule has 0 bridgehead atoms. The smallest absolute Gasteiger partial charge is 0.255 e. The number of pyridine rings is 1. The molecule has 3 aromatic heterocycles. The van der Waals surface area contributed by atoms with Gasteiger partial charge in [0.15, 0.2) is 5.78 Å². The van der Waals surface area contributed by atoms with Crippen LogP contribution in [0.4, 0.5) is 5.69 Å². The maximum atomic E-state index is 12.3. The zero-order valence-electron chi connectivity index (χ0n) is 16.1. The van der Waals surface area contributed by atoms with Crippen molar-refractivity contribution < 1.29 is 4.79 Å². The van der Waals surface area contributed by atoms with Gasteiger partial charge in [-0.25, -0.2) is 4.68 Å². The summed E-state index contributed by atoms with van der Waals surface area (Å²) in [6.07, 6.45) is 4.35.